The van der Waals surface area contributed by atoms with Crippen molar-refractivity contribution in [3.8, 4) is 11.1 Å². The Labute approximate surface area is 117 Å². The standard InChI is InChI=1S/C14H9BrN2O2/c15-12-7-16-13-6-5-11(8-17(12)13)9-1-3-10(4-2-9)14(18)19/h1-8H,(H,18,19). The number of fused-ring (bicyclic) bond motifs is 1. The summed E-state index contributed by atoms with van der Waals surface area (Å²) in [6, 6.07) is 10.7. The summed E-state index contributed by atoms with van der Waals surface area (Å²) in [5, 5.41) is 8.88. The summed E-state index contributed by atoms with van der Waals surface area (Å²) < 4.78 is 2.81. The first-order valence-corrected chi connectivity index (χ1v) is 6.41. The van der Waals surface area contributed by atoms with Gasteiger partial charge in [0.05, 0.1) is 11.8 Å². The number of aromatic nitrogens is 2. The lowest BCUT2D eigenvalue weighted by Gasteiger charge is -2.04. The molecule has 94 valence electrons. The molecular formula is C14H9BrN2O2. The third-order valence-corrected chi connectivity index (χ3v) is 3.51. The van der Waals surface area contributed by atoms with Gasteiger partial charge in [-0.1, -0.05) is 12.1 Å². The van der Waals surface area contributed by atoms with Gasteiger partial charge in [0.25, 0.3) is 0 Å². The second-order valence-corrected chi connectivity index (χ2v) is 4.92. The fraction of sp³-hybridized carbons (Fsp3) is 0. The Bertz CT molecular complexity index is 763. The Kier molecular flexibility index (Phi) is 2.83. The van der Waals surface area contributed by atoms with Gasteiger partial charge in [0.15, 0.2) is 0 Å². The first-order valence-electron chi connectivity index (χ1n) is 5.61. The Morgan fingerprint density at radius 3 is 2.47 bits per heavy atom. The van der Waals surface area contributed by atoms with Gasteiger partial charge >= 0.3 is 5.97 Å². The Morgan fingerprint density at radius 1 is 1.11 bits per heavy atom. The number of carbonyl (C=O) groups is 1. The van der Waals surface area contributed by atoms with Gasteiger partial charge in [-0.25, -0.2) is 9.78 Å². The van der Waals surface area contributed by atoms with E-state index in [0.29, 0.717) is 0 Å². The van der Waals surface area contributed by atoms with E-state index in [-0.39, 0.29) is 5.56 Å². The summed E-state index contributed by atoms with van der Waals surface area (Å²) in [6.45, 7) is 0. The van der Waals surface area contributed by atoms with Gasteiger partial charge in [-0.05, 0) is 51.3 Å². The molecule has 2 aromatic heterocycles. The minimum Gasteiger partial charge on any atom is -0.478 e. The number of benzene rings is 1. The molecule has 0 aliphatic carbocycles. The quantitative estimate of drug-likeness (QED) is 0.787. The van der Waals surface area contributed by atoms with Crippen LogP contribution in [0.3, 0.4) is 0 Å². The number of hydrogen-bond acceptors (Lipinski definition) is 2. The summed E-state index contributed by atoms with van der Waals surface area (Å²) in [6.07, 6.45) is 3.70. The van der Waals surface area contributed by atoms with E-state index < -0.39 is 5.97 Å². The van der Waals surface area contributed by atoms with Crippen molar-refractivity contribution in [2.24, 2.45) is 0 Å². The summed E-state index contributed by atoms with van der Waals surface area (Å²) in [7, 11) is 0. The largest absolute Gasteiger partial charge is 0.478 e. The Morgan fingerprint density at radius 2 is 1.79 bits per heavy atom. The molecule has 0 aliphatic rings. The molecule has 3 rings (SSSR count). The molecule has 0 bridgehead atoms. The van der Waals surface area contributed by atoms with Gasteiger partial charge in [0.2, 0.25) is 0 Å². The summed E-state index contributed by atoms with van der Waals surface area (Å²) in [4.78, 5) is 15.0. The SMILES string of the molecule is O=C(O)c1ccc(-c2ccc3ncc(Br)n3c2)cc1. The van der Waals surface area contributed by atoms with Gasteiger partial charge in [0, 0.05) is 6.20 Å². The topological polar surface area (TPSA) is 54.6 Å². The number of imidazole rings is 1. The predicted octanol–water partition coefficient (Wildman–Crippen LogP) is 3.46. The highest BCUT2D eigenvalue weighted by Crippen LogP contribution is 2.22. The summed E-state index contributed by atoms with van der Waals surface area (Å²) in [5.74, 6) is -0.917. The molecule has 0 amide bonds. The lowest BCUT2D eigenvalue weighted by Crippen LogP contribution is -1.95. The van der Waals surface area contributed by atoms with Crippen LogP contribution in [-0.2, 0) is 0 Å². The van der Waals surface area contributed by atoms with Crippen LogP contribution in [0.4, 0.5) is 0 Å². The van der Waals surface area contributed by atoms with Crippen LogP contribution in [0.15, 0.2) is 53.4 Å². The zero-order valence-corrected chi connectivity index (χ0v) is 11.3. The molecule has 0 atom stereocenters. The molecule has 4 nitrogen and oxygen atoms in total. The van der Waals surface area contributed by atoms with Crippen LogP contribution in [0.2, 0.25) is 0 Å². The molecule has 1 N–H and O–H groups in total. The highest BCUT2D eigenvalue weighted by atomic mass is 79.9. The fourth-order valence-corrected chi connectivity index (χ4v) is 2.31. The Balaban J connectivity index is 2.08. The van der Waals surface area contributed by atoms with E-state index in [2.05, 4.69) is 20.9 Å². The van der Waals surface area contributed by atoms with Crippen LogP contribution in [0, 0.1) is 0 Å². The maximum absolute atomic E-state index is 10.8. The monoisotopic (exact) mass is 316 g/mol. The van der Waals surface area contributed by atoms with Crippen LogP contribution in [-0.4, -0.2) is 20.5 Å². The zero-order chi connectivity index (χ0) is 13.4. The molecule has 2 heterocycles. The van der Waals surface area contributed by atoms with E-state index >= 15 is 0 Å². The molecule has 5 heteroatoms. The maximum atomic E-state index is 10.8. The molecule has 19 heavy (non-hydrogen) atoms. The van der Waals surface area contributed by atoms with E-state index in [4.69, 9.17) is 5.11 Å². The number of pyridine rings is 1. The molecule has 0 saturated heterocycles. The minimum atomic E-state index is -0.917. The molecule has 1 aromatic carbocycles. The lowest BCUT2D eigenvalue weighted by molar-refractivity contribution is 0.0697. The number of carboxylic acids is 1. The third kappa shape index (κ3) is 2.13. The van der Waals surface area contributed by atoms with Crippen LogP contribution in [0.1, 0.15) is 10.4 Å². The van der Waals surface area contributed by atoms with Gasteiger partial charge < -0.3 is 5.11 Å². The van der Waals surface area contributed by atoms with Crippen molar-refractivity contribution in [2.45, 2.75) is 0 Å². The normalized spacial score (nSPS) is 10.8. The van der Waals surface area contributed by atoms with Crippen molar-refractivity contribution in [3.05, 3.63) is 59.0 Å². The maximum Gasteiger partial charge on any atom is 0.335 e. The van der Waals surface area contributed by atoms with Gasteiger partial charge in [-0.15, -0.1) is 0 Å². The molecular weight excluding hydrogens is 308 g/mol. The van der Waals surface area contributed by atoms with E-state index in [1.165, 1.54) is 0 Å². The summed E-state index contributed by atoms with van der Waals surface area (Å²) in [5.41, 5.74) is 3.11. The molecule has 0 fully saturated rings. The van der Waals surface area contributed by atoms with Crippen molar-refractivity contribution in [2.75, 3.05) is 0 Å². The van der Waals surface area contributed by atoms with Crippen molar-refractivity contribution >= 4 is 27.5 Å². The zero-order valence-electron chi connectivity index (χ0n) is 9.75. The molecule has 0 aliphatic heterocycles. The van der Waals surface area contributed by atoms with Crippen molar-refractivity contribution in [3.63, 3.8) is 0 Å². The first-order chi connectivity index (χ1) is 9.15. The van der Waals surface area contributed by atoms with E-state index in [9.17, 15) is 4.79 Å². The lowest BCUT2D eigenvalue weighted by atomic mass is 10.1. The average molecular weight is 317 g/mol. The van der Waals surface area contributed by atoms with E-state index in [1.54, 1.807) is 30.5 Å². The van der Waals surface area contributed by atoms with Gasteiger partial charge in [-0.2, -0.15) is 0 Å². The number of halogens is 1. The first kappa shape index (κ1) is 11.9. The summed E-state index contributed by atoms with van der Waals surface area (Å²) >= 11 is 3.43. The number of rotatable bonds is 2. The highest BCUT2D eigenvalue weighted by Gasteiger charge is 2.05. The predicted molar refractivity (Wildman–Crippen MR) is 75.3 cm³/mol. The van der Waals surface area contributed by atoms with E-state index in [0.717, 1.165) is 21.4 Å². The smallest absolute Gasteiger partial charge is 0.335 e. The number of nitrogens with zero attached hydrogens (tertiary/aromatic N) is 2. The number of aromatic carboxylic acids is 1. The molecule has 0 radical (unpaired) electrons. The van der Waals surface area contributed by atoms with Crippen LogP contribution in [0.25, 0.3) is 16.8 Å². The average Bonchev–Trinajstić information content (AvgIpc) is 2.80. The number of carboxylic acid groups (broad SMARTS) is 1. The molecule has 0 saturated carbocycles. The van der Waals surface area contributed by atoms with Gasteiger partial charge in [0.1, 0.15) is 10.3 Å². The fourth-order valence-electron chi connectivity index (χ4n) is 1.93. The van der Waals surface area contributed by atoms with Gasteiger partial charge in [-0.3, -0.25) is 4.40 Å². The van der Waals surface area contributed by atoms with Crippen LogP contribution >= 0.6 is 15.9 Å². The van der Waals surface area contributed by atoms with Crippen molar-refractivity contribution < 1.29 is 9.90 Å². The number of hydrogen-bond donors (Lipinski definition) is 1. The van der Waals surface area contributed by atoms with Crippen molar-refractivity contribution in [1.29, 1.82) is 0 Å². The second-order valence-electron chi connectivity index (χ2n) is 4.11. The van der Waals surface area contributed by atoms with E-state index in [1.807, 2.05) is 22.7 Å². The van der Waals surface area contributed by atoms with Crippen LogP contribution < -0.4 is 0 Å². The second kappa shape index (κ2) is 4.51. The van der Waals surface area contributed by atoms with Crippen LogP contribution in [0.5, 0.6) is 0 Å². The Hall–Kier alpha value is -2.14. The highest BCUT2D eigenvalue weighted by molar-refractivity contribution is 9.10. The molecule has 0 spiro atoms. The minimum absolute atomic E-state index is 0.286. The third-order valence-electron chi connectivity index (χ3n) is 2.93. The van der Waals surface area contributed by atoms with Crippen molar-refractivity contribution in [1.82, 2.24) is 9.38 Å². The molecule has 3 aromatic rings. The molecule has 0 unspecified atom stereocenters.